The van der Waals surface area contributed by atoms with Crippen molar-refractivity contribution in [3.05, 3.63) is 23.7 Å². The summed E-state index contributed by atoms with van der Waals surface area (Å²) in [7, 11) is 1.71. The van der Waals surface area contributed by atoms with Gasteiger partial charge in [-0.1, -0.05) is 0 Å². The van der Waals surface area contributed by atoms with Crippen LogP contribution in [0.3, 0.4) is 0 Å². The molecule has 136 valence electrons. The average Bonchev–Trinajstić information content (AvgIpc) is 3.25. The van der Waals surface area contributed by atoms with E-state index >= 15 is 0 Å². The van der Waals surface area contributed by atoms with Crippen LogP contribution in [0.1, 0.15) is 36.8 Å². The van der Waals surface area contributed by atoms with Crippen molar-refractivity contribution in [2.75, 3.05) is 26.9 Å². The molecule has 2 fully saturated rings. The van der Waals surface area contributed by atoms with Gasteiger partial charge in [0.2, 0.25) is 5.82 Å². The minimum atomic E-state index is 0.340. The van der Waals surface area contributed by atoms with Crippen molar-refractivity contribution in [1.29, 1.82) is 0 Å². The number of aryl methyl sites for hydroxylation is 1. The molecule has 25 heavy (non-hydrogen) atoms. The number of ether oxygens (including phenoxy) is 2. The van der Waals surface area contributed by atoms with Crippen LogP contribution in [0, 0.1) is 6.92 Å². The van der Waals surface area contributed by atoms with E-state index in [1.165, 1.54) is 0 Å². The number of fused-ring (bicyclic) bond motifs is 1. The molecule has 0 spiro atoms. The smallest absolute Gasteiger partial charge is 0.217 e. The van der Waals surface area contributed by atoms with Crippen molar-refractivity contribution in [2.24, 2.45) is 0 Å². The van der Waals surface area contributed by atoms with E-state index in [9.17, 15) is 0 Å². The van der Waals surface area contributed by atoms with Gasteiger partial charge in [0.1, 0.15) is 11.6 Å². The standard InChI is InChI=1S/C18H26N4O3/c1-12-3-5-16(25-12)17-20-18(22(21-17)8-10-23-2)13-4-6-15-14(11-13)19-7-9-24-15/h3,5,13-15,19H,4,6-11H2,1-2H3/t13-,14+,15+/m0/s1. The fourth-order valence-corrected chi connectivity index (χ4v) is 3.90. The summed E-state index contributed by atoms with van der Waals surface area (Å²) in [4.78, 5) is 4.84. The van der Waals surface area contributed by atoms with Gasteiger partial charge in [-0.3, -0.25) is 0 Å². The van der Waals surface area contributed by atoms with Crippen molar-refractivity contribution < 1.29 is 13.9 Å². The molecule has 1 N–H and O–H groups in total. The summed E-state index contributed by atoms with van der Waals surface area (Å²) >= 11 is 0. The molecule has 1 saturated carbocycles. The van der Waals surface area contributed by atoms with Gasteiger partial charge in [-0.2, -0.15) is 0 Å². The number of nitrogens with one attached hydrogen (secondary N) is 1. The topological polar surface area (TPSA) is 74.3 Å². The van der Waals surface area contributed by atoms with Crippen molar-refractivity contribution in [3.8, 4) is 11.6 Å². The number of hydrogen-bond acceptors (Lipinski definition) is 6. The van der Waals surface area contributed by atoms with Gasteiger partial charge in [-0.05, 0) is 38.3 Å². The second-order valence-corrected chi connectivity index (χ2v) is 6.90. The summed E-state index contributed by atoms with van der Waals surface area (Å²) in [6.07, 6.45) is 3.51. The molecule has 7 nitrogen and oxygen atoms in total. The van der Waals surface area contributed by atoms with Crippen LogP contribution in [0.5, 0.6) is 0 Å². The number of aromatic nitrogens is 3. The van der Waals surface area contributed by atoms with Crippen molar-refractivity contribution >= 4 is 0 Å². The van der Waals surface area contributed by atoms with Gasteiger partial charge >= 0.3 is 0 Å². The minimum absolute atomic E-state index is 0.340. The van der Waals surface area contributed by atoms with Crippen LogP contribution < -0.4 is 5.32 Å². The highest BCUT2D eigenvalue weighted by molar-refractivity contribution is 5.46. The lowest BCUT2D eigenvalue weighted by Gasteiger charge is -2.39. The molecule has 2 aromatic heterocycles. The highest BCUT2D eigenvalue weighted by Gasteiger charge is 2.35. The van der Waals surface area contributed by atoms with Crippen LogP contribution in [0.4, 0.5) is 0 Å². The zero-order chi connectivity index (χ0) is 17.2. The van der Waals surface area contributed by atoms with Crippen LogP contribution in [0.25, 0.3) is 11.6 Å². The van der Waals surface area contributed by atoms with Crippen molar-refractivity contribution in [3.63, 3.8) is 0 Å². The Bertz CT molecular complexity index is 711. The molecule has 1 aliphatic carbocycles. The van der Waals surface area contributed by atoms with Crippen LogP contribution >= 0.6 is 0 Å². The first-order chi connectivity index (χ1) is 12.2. The third-order valence-electron chi connectivity index (χ3n) is 5.16. The largest absolute Gasteiger partial charge is 0.458 e. The quantitative estimate of drug-likeness (QED) is 0.894. The Hall–Kier alpha value is -1.70. The highest BCUT2D eigenvalue weighted by atomic mass is 16.5. The Morgan fingerprint density at radius 3 is 3.08 bits per heavy atom. The minimum Gasteiger partial charge on any atom is -0.458 e. The van der Waals surface area contributed by atoms with Gasteiger partial charge in [0.05, 0.1) is 25.9 Å². The second kappa shape index (κ2) is 7.27. The first-order valence-electron chi connectivity index (χ1n) is 9.10. The van der Waals surface area contributed by atoms with Gasteiger partial charge in [0, 0.05) is 25.6 Å². The Balaban J connectivity index is 1.59. The average molecular weight is 346 g/mol. The summed E-state index contributed by atoms with van der Waals surface area (Å²) in [5, 5.41) is 8.29. The Morgan fingerprint density at radius 1 is 1.36 bits per heavy atom. The third kappa shape index (κ3) is 3.49. The van der Waals surface area contributed by atoms with Gasteiger partial charge in [-0.15, -0.1) is 5.10 Å². The van der Waals surface area contributed by atoms with E-state index in [-0.39, 0.29) is 0 Å². The van der Waals surface area contributed by atoms with E-state index in [4.69, 9.17) is 24.0 Å². The third-order valence-corrected chi connectivity index (χ3v) is 5.16. The first kappa shape index (κ1) is 16.8. The summed E-state index contributed by atoms with van der Waals surface area (Å²) in [5.74, 6) is 3.67. The summed E-state index contributed by atoms with van der Waals surface area (Å²) < 4.78 is 18.9. The zero-order valence-electron chi connectivity index (χ0n) is 14.9. The van der Waals surface area contributed by atoms with Gasteiger partial charge < -0.3 is 19.2 Å². The van der Waals surface area contributed by atoms with Crippen LogP contribution in [0.15, 0.2) is 16.5 Å². The van der Waals surface area contributed by atoms with E-state index in [0.29, 0.717) is 37.0 Å². The number of morpholine rings is 1. The van der Waals surface area contributed by atoms with Crippen LogP contribution in [-0.4, -0.2) is 53.8 Å². The van der Waals surface area contributed by atoms with Gasteiger partial charge in [0.15, 0.2) is 5.76 Å². The molecule has 1 aliphatic heterocycles. The molecular weight excluding hydrogens is 320 g/mol. The number of nitrogens with zero attached hydrogens (tertiary/aromatic N) is 3. The predicted molar refractivity (Wildman–Crippen MR) is 92.5 cm³/mol. The molecule has 0 bridgehead atoms. The van der Waals surface area contributed by atoms with Crippen LogP contribution in [-0.2, 0) is 16.0 Å². The summed E-state index contributed by atoms with van der Waals surface area (Å²) in [5.41, 5.74) is 0. The second-order valence-electron chi connectivity index (χ2n) is 6.90. The van der Waals surface area contributed by atoms with Crippen molar-refractivity contribution in [2.45, 2.75) is 50.8 Å². The lowest BCUT2D eigenvalue weighted by Crippen LogP contribution is -2.51. The highest BCUT2D eigenvalue weighted by Crippen LogP contribution is 2.35. The number of rotatable bonds is 5. The van der Waals surface area contributed by atoms with Gasteiger partial charge in [-0.25, -0.2) is 9.67 Å². The molecule has 1 saturated heterocycles. The number of furan rings is 1. The monoisotopic (exact) mass is 346 g/mol. The Labute approximate surface area is 147 Å². The maximum Gasteiger partial charge on any atom is 0.217 e. The summed E-state index contributed by atoms with van der Waals surface area (Å²) in [6, 6.07) is 4.29. The lowest BCUT2D eigenvalue weighted by atomic mass is 9.82. The molecule has 0 aromatic carbocycles. The maximum absolute atomic E-state index is 5.90. The molecule has 0 unspecified atom stereocenters. The molecule has 4 rings (SSSR count). The van der Waals surface area contributed by atoms with E-state index in [0.717, 1.165) is 49.8 Å². The lowest BCUT2D eigenvalue weighted by molar-refractivity contribution is -0.0282. The molecule has 0 amide bonds. The Morgan fingerprint density at radius 2 is 2.28 bits per heavy atom. The number of hydrogen-bond donors (Lipinski definition) is 1. The molecule has 7 heteroatoms. The van der Waals surface area contributed by atoms with Crippen molar-refractivity contribution in [1.82, 2.24) is 20.1 Å². The number of methoxy groups -OCH3 is 1. The zero-order valence-corrected chi connectivity index (χ0v) is 14.9. The van der Waals surface area contributed by atoms with E-state index in [2.05, 4.69) is 5.32 Å². The normalized spacial score (nSPS) is 26.6. The molecular formula is C18H26N4O3. The predicted octanol–water partition coefficient (Wildman–Crippen LogP) is 2.12. The van der Waals surface area contributed by atoms with E-state index in [1.54, 1.807) is 7.11 Å². The van der Waals surface area contributed by atoms with Gasteiger partial charge in [0.25, 0.3) is 0 Å². The Kier molecular flexibility index (Phi) is 4.87. The molecule has 3 atom stereocenters. The van der Waals surface area contributed by atoms with E-state index in [1.807, 2.05) is 23.7 Å². The fourth-order valence-electron chi connectivity index (χ4n) is 3.90. The summed E-state index contributed by atoms with van der Waals surface area (Å²) in [6.45, 7) is 5.00. The molecule has 2 aliphatic rings. The maximum atomic E-state index is 5.90. The first-order valence-corrected chi connectivity index (χ1v) is 9.10. The van der Waals surface area contributed by atoms with Crippen LogP contribution in [0.2, 0.25) is 0 Å². The molecule has 2 aromatic rings. The fraction of sp³-hybridized carbons (Fsp3) is 0.667. The SMILES string of the molecule is COCCn1nc(-c2ccc(C)o2)nc1[C@H]1CC[C@H]2OCCN[C@@H]2C1. The molecule has 3 heterocycles. The molecule has 0 radical (unpaired) electrons. The van der Waals surface area contributed by atoms with E-state index < -0.39 is 0 Å².